The van der Waals surface area contributed by atoms with Crippen molar-refractivity contribution in [2.45, 2.75) is 128 Å². The number of likely N-dealkylation sites (tertiary alicyclic amines) is 1. The van der Waals surface area contributed by atoms with E-state index in [0.29, 0.717) is 65.4 Å². The van der Waals surface area contributed by atoms with Crippen LogP contribution >= 0.6 is 11.3 Å². The molecule has 4 heterocycles. The number of ether oxygens (including phenoxy) is 5. The predicted molar refractivity (Wildman–Crippen MR) is 235 cm³/mol. The zero-order valence-electron chi connectivity index (χ0n) is 36.7. The number of fused-ring (bicyclic) bond motifs is 2. The Labute approximate surface area is 371 Å². The van der Waals surface area contributed by atoms with E-state index in [2.05, 4.69) is 22.5 Å². The zero-order chi connectivity index (χ0) is 44.6. The van der Waals surface area contributed by atoms with E-state index in [1.807, 2.05) is 58.2 Å². The largest absolute Gasteiger partial charge is 0.491 e. The average molecular weight is 889 g/mol. The van der Waals surface area contributed by atoms with Crippen LogP contribution in [0.4, 0.5) is 9.93 Å². The van der Waals surface area contributed by atoms with E-state index in [4.69, 9.17) is 33.7 Å². The lowest BCUT2D eigenvalue weighted by molar-refractivity contribution is -0.165. The Morgan fingerprint density at radius 3 is 2.52 bits per heavy atom. The Hall–Kier alpha value is -5.00. The number of carbonyl (C=O) groups excluding carboxylic acids is 3. The molecule has 3 aromatic rings. The first-order chi connectivity index (χ1) is 30.1. The fourth-order valence-electron chi connectivity index (χ4n) is 9.13. The molecule has 16 nitrogen and oxygen atoms in total. The maximum absolute atomic E-state index is 14.8. The molecule has 17 heteroatoms. The number of benzene rings is 1. The van der Waals surface area contributed by atoms with Gasteiger partial charge in [0.05, 0.1) is 24.4 Å². The number of nitrogens with one attached hydrogen (secondary N) is 3. The second-order valence-electron chi connectivity index (χ2n) is 19.0. The molecule has 0 radical (unpaired) electrons. The van der Waals surface area contributed by atoms with E-state index in [9.17, 15) is 24.3 Å². The van der Waals surface area contributed by atoms with Gasteiger partial charge < -0.3 is 49.6 Å². The third kappa shape index (κ3) is 10.2. The van der Waals surface area contributed by atoms with E-state index in [1.54, 1.807) is 6.07 Å². The van der Waals surface area contributed by atoms with Gasteiger partial charge in [-0.15, -0.1) is 17.9 Å². The zero-order valence-corrected chi connectivity index (χ0v) is 37.5. The van der Waals surface area contributed by atoms with Crippen LogP contribution in [0.25, 0.3) is 22.3 Å². The average Bonchev–Trinajstić information content (AvgIpc) is 3.91. The van der Waals surface area contributed by atoms with Crippen LogP contribution < -0.4 is 25.4 Å². The Balaban J connectivity index is 1.06. The lowest BCUT2D eigenvalue weighted by atomic mass is 9.85. The quantitative estimate of drug-likeness (QED) is 0.0843. The number of amides is 3. The molecule has 2 aliphatic heterocycles. The lowest BCUT2D eigenvalue weighted by Gasteiger charge is -2.35. The number of hydrogen-bond acceptors (Lipinski definition) is 13. The number of carboxylic acids is 1. The van der Waals surface area contributed by atoms with E-state index >= 15 is 0 Å². The summed E-state index contributed by atoms with van der Waals surface area (Å²) in [6, 6.07) is 5.29. The summed E-state index contributed by atoms with van der Waals surface area (Å²) in [5.74, 6) is -0.552. The molecule has 8 rings (SSSR count). The highest BCUT2D eigenvalue weighted by Crippen LogP contribution is 2.52. The van der Waals surface area contributed by atoms with Crippen LogP contribution in [0.2, 0.25) is 0 Å². The summed E-state index contributed by atoms with van der Waals surface area (Å²) in [6.07, 6.45) is 5.69. The number of anilines is 1. The SMILES string of the molecule is C=C[C@@H]1CC1(NC(=O)[C@@H]1C[C@H](Oc2cc(-c3csc(NC(C)C)n3)nc3cc(OCCOC4CCCCO4)ccc23)CN1C(=O)[C@H](NC(=O)OC1CC2C[C@H]2C1)C(C)(C)C)C(=O)O. The van der Waals surface area contributed by atoms with Crippen LogP contribution in [0.3, 0.4) is 0 Å². The Bertz CT molecular complexity index is 2190. The van der Waals surface area contributed by atoms with E-state index in [1.165, 1.54) is 28.7 Å². The molecule has 0 spiro atoms. The summed E-state index contributed by atoms with van der Waals surface area (Å²) < 4.78 is 30.2. The minimum absolute atomic E-state index is 0.0264. The van der Waals surface area contributed by atoms with Crippen molar-refractivity contribution < 1.29 is 48.0 Å². The first kappa shape index (κ1) is 44.6. The van der Waals surface area contributed by atoms with Gasteiger partial charge >= 0.3 is 12.1 Å². The number of carbonyl (C=O) groups is 4. The van der Waals surface area contributed by atoms with Gasteiger partial charge in [0.2, 0.25) is 11.8 Å². The highest BCUT2D eigenvalue weighted by Gasteiger charge is 2.61. The minimum Gasteiger partial charge on any atom is -0.491 e. The van der Waals surface area contributed by atoms with Gasteiger partial charge in [0.1, 0.15) is 53.6 Å². The third-order valence-electron chi connectivity index (χ3n) is 12.7. The van der Waals surface area contributed by atoms with E-state index < -0.39 is 58.9 Å². The molecule has 9 atom stereocenters. The van der Waals surface area contributed by atoms with Gasteiger partial charge in [0, 0.05) is 47.9 Å². The highest BCUT2D eigenvalue weighted by molar-refractivity contribution is 7.14. The van der Waals surface area contributed by atoms with Gasteiger partial charge in [-0.25, -0.2) is 19.6 Å². The Morgan fingerprint density at radius 1 is 1.05 bits per heavy atom. The number of aliphatic carboxylic acids is 1. The molecule has 2 aromatic heterocycles. The Kier molecular flexibility index (Phi) is 12.9. The van der Waals surface area contributed by atoms with E-state index in [-0.39, 0.29) is 37.8 Å². The summed E-state index contributed by atoms with van der Waals surface area (Å²) in [6.45, 7) is 14.7. The van der Waals surface area contributed by atoms with Crippen molar-refractivity contribution in [2.24, 2.45) is 23.2 Å². The molecule has 5 aliphatic rings. The molecule has 4 N–H and O–H groups in total. The summed E-state index contributed by atoms with van der Waals surface area (Å²) in [4.78, 5) is 66.0. The van der Waals surface area contributed by atoms with Crippen molar-refractivity contribution in [3.63, 3.8) is 0 Å². The van der Waals surface area contributed by atoms with Crippen molar-refractivity contribution in [1.29, 1.82) is 0 Å². The molecule has 3 aliphatic carbocycles. The molecule has 2 saturated heterocycles. The van der Waals surface area contributed by atoms with Crippen molar-refractivity contribution in [3.05, 3.63) is 42.3 Å². The van der Waals surface area contributed by atoms with Gasteiger partial charge in [-0.3, -0.25) is 9.59 Å². The molecule has 340 valence electrons. The van der Waals surface area contributed by atoms with Crippen molar-refractivity contribution in [3.8, 4) is 22.9 Å². The summed E-state index contributed by atoms with van der Waals surface area (Å²) >= 11 is 1.46. The first-order valence-electron chi connectivity index (χ1n) is 22.3. The third-order valence-corrected chi connectivity index (χ3v) is 13.5. The van der Waals surface area contributed by atoms with Gasteiger partial charge in [0.15, 0.2) is 11.4 Å². The molecule has 3 saturated carbocycles. The molecular weight excluding hydrogens is 829 g/mol. The highest BCUT2D eigenvalue weighted by atomic mass is 32.1. The fraction of sp³-hybridized carbons (Fsp3) is 0.609. The smallest absolute Gasteiger partial charge is 0.408 e. The van der Waals surface area contributed by atoms with Crippen molar-refractivity contribution in [1.82, 2.24) is 25.5 Å². The number of hydrogen-bond donors (Lipinski definition) is 4. The molecule has 5 fully saturated rings. The second-order valence-corrected chi connectivity index (χ2v) is 19.9. The van der Waals surface area contributed by atoms with Crippen LogP contribution in [-0.2, 0) is 28.6 Å². The summed E-state index contributed by atoms with van der Waals surface area (Å²) in [5.41, 5.74) is -0.566. The first-order valence-corrected chi connectivity index (χ1v) is 23.1. The minimum atomic E-state index is -1.53. The van der Waals surface area contributed by atoms with Gasteiger partial charge in [-0.1, -0.05) is 26.8 Å². The fourth-order valence-corrected chi connectivity index (χ4v) is 9.98. The van der Waals surface area contributed by atoms with Crippen molar-refractivity contribution >= 4 is 51.2 Å². The Morgan fingerprint density at radius 2 is 1.84 bits per heavy atom. The van der Waals surface area contributed by atoms with E-state index in [0.717, 1.165) is 37.2 Å². The normalized spacial score (nSPS) is 27.9. The van der Waals surface area contributed by atoms with Gasteiger partial charge in [-0.2, -0.15) is 0 Å². The number of alkyl carbamates (subject to hydrolysis) is 1. The van der Waals surface area contributed by atoms with Crippen LogP contribution in [0.15, 0.2) is 42.3 Å². The number of nitrogens with zero attached hydrogens (tertiary/aromatic N) is 3. The number of thiazole rings is 1. The lowest BCUT2D eigenvalue weighted by Crippen LogP contribution is -2.59. The molecule has 63 heavy (non-hydrogen) atoms. The molecular formula is C46H60N6O10S. The van der Waals surface area contributed by atoms with Crippen LogP contribution in [0.5, 0.6) is 11.5 Å². The number of pyridine rings is 1. The maximum atomic E-state index is 14.8. The van der Waals surface area contributed by atoms with Crippen LogP contribution in [0.1, 0.15) is 86.0 Å². The predicted octanol–water partition coefficient (Wildman–Crippen LogP) is 6.53. The maximum Gasteiger partial charge on any atom is 0.408 e. The standard InChI is InChI=1S/C46H60N6O10S/c1-7-28-22-46(28,42(55)56)51-40(53)36-20-31(23-52(36)41(54)39(45(4,5)6)50-44(57)62-30-17-26-16-27(26)18-30)61-37-21-34(35-24-63-43(49-35)47-25(2)3)48-33-19-29(11-12-32(33)37)58-14-15-60-38-10-8-9-13-59-38/h7,11-12,19,21,24-28,30-31,36,38-39H,1,8-10,13-18,20,22-23H2,2-6H3,(H,47,49)(H,50,57)(H,51,53)(H,55,56)/t26-,27?,28+,30?,31-,36-,38?,39-,46?/m0/s1. The summed E-state index contributed by atoms with van der Waals surface area (Å²) in [7, 11) is 0. The molecule has 1 aromatic carbocycles. The second kappa shape index (κ2) is 18.2. The molecule has 0 bridgehead atoms. The molecule has 4 unspecified atom stereocenters. The number of carboxylic acid groups (broad SMARTS) is 1. The number of rotatable bonds is 17. The van der Waals surface area contributed by atoms with Gasteiger partial charge in [-0.05, 0) is 88.2 Å². The van der Waals surface area contributed by atoms with Crippen LogP contribution in [0, 0.1) is 23.2 Å². The summed E-state index contributed by atoms with van der Waals surface area (Å²) in [5, 5.41) is 22.4. The van der Waals surface area contributed by atoms with Gasteiger partial charge in [0.25, 0.3) is 0 Å². The molecule has 3 amide bonds. The number of aromatic nitrogens is 2. The topological polar surface area (TPSA) is 200 Å². The monoisotopic (exact) mass is 888 g/mol. The van der Waals surface area contributed by atoms with Crippen molar-refractivity contribution in [2.75, 3.05) is 31.7 Å². The van der Waals surface area contributed by atoms with Crippen LogP contribution in [-0.4, -0.2) is 112 Å².